The van der Waals surface area contributed by atoms with Gasteiger partial charge >= 0.3 is 0 Å². The number of aromatic nitrogens is 2. The van der Waals surface area contributed by atoms with Crippen LogP contribution in [0.5, 0.6) is 0 Å². The van der Waals surface area contributed by atoms with E-state index in [4.69, 9.17) is 9.94 Å². The van der Waals surface area contributed by atoms with Gasteiger partial charge in [0.1, 0.15) is 18.0 Å². The number of aryl methyl sites for hydroxylation is 1. The van der Waals surface area contributed by atoms with Gasteiger partial charge in [-0.1, -0.05) is 19.9 Å². The Morgan fingerprint density at radius 3 is 2.78 bits per heavy atom. The van der Waals surface area contributed by atoms with Crippen LogP contribution in [0.15, 0.2) is 42.9 Å². The topological polar surface area (TPSA) is 87.9 Å². The number of amides is 1. The molecule has 2 aromatic heterocycles. The minimum atomic E-state index is -0.529. The number of hydrogen-bond acceptors (Lipinski definition) is 5. The summed E-state index contributed by atoms with van der Waals surface area (Å²) in [5.74, 6) is -0.609. The summed E-state index contributed by atoms with van der Waals surface area (Å²) in [6, 6.07) is 8.07. The van der Waals surface area contributed by atoms with E-state index in [9.17, 15) is 9.18 Å². The minimum Gasteiger partial charge on any atom is -0.394 e. The number of imidazole rings is 1. The third kappa shape index (κ3) is 4.81. The quantitative estimate of drug-likeness (QED) is 0.456. The van der Waals surface area contributed by atoms with Crippen LogP contribution in [-0.4, -0.2) is 33.6 Å². The molecule has 144 valence electrons. The molecule has 27 heavy (non-hydrogen) atoms. The average Bonchev–Trinajstić information content (AvgIpc) is 3.15. The summed E-state index contributed by atoms with van der Waals surface area (Å²) in [5, 5.41) is 11.7. The van der Waals surface area contributed by atoms with Crippen molar-refractivity contribution < 1.29 is 19.1 Å². The van der Waals surface area contributed by atoms with Crippen molar-refractivity contribution in [1.29, 1.82) is 0 Å². The summed E-state index contributed by atoms with van der Waals surface area (Å²) in [7, 11) is 0. The highest BCUT2D eigenvalue weighted by Gasteiger charge is 2.16. The number of nitrogens with one attached hydrogen (secondary N) is 2. The molecule has 3 rings (SSSR count). The number of hydroxylamine groups is 1. The zero-order chi connectivity index (χ0) is 19.8. The molecular weight excluding hydrogens is 351 g/mol. The SMILES string of the molecule is CC.Cc1ccc(Nc2c(C(=O)NOCCO)ccc3cncn23)c(F)c1. The second kappa shape index (κ2) is 9.65. The summed E-state index contributed by atoms with van der Waals surface area (Å²) >= 11 is 0. The molecule has 0 fully saturated rings. The number of halogens is 1. The van der Waals surface area contributed by atoms with Crippen molar-refractivity contribution in [2.24, 2.45) is 0 Å². The van der Waals surface area contributed by atoms with Crippen molar-refractivity contribution in [2.75, 3.05) is 18.5 Å². The maximum atomic E-state index is 14.2. The molecule has 1 amide bonds. The third-order valence-electron chi connectivity index (χ3n) is 3.56. The van der Waals surface area contributed by atoms with Crippen molar-refractivity contribution in [3.05, 3.63) is 59.8 Å². The van der Waals surface area contributed by atoms with Gasteiger partial charge in [0.25, 0.3) is 5.91 Å². The van der Waals surface area contributed by atoms with Crippen molar-refractivity contribution in [1.82, 2.24) is 14.9 Å². The first-order valence-electron chi connectivity index (χ1n) is 8.61. The monoisotopic (exact) mass is 374 g/mol. The number of benzene rings is 1. The fourth-order valence-corrected chi connectivity index (χ4v) is 2.37. The fraction of sp³-hybridized carbons (Fsp3) is 0.263. The molecule has 3 aromatic rings. The largest absolute Gasteiger partial charge is 0.394 e. The van der Waals surface area contributed by atoms with Gasteiger partial charge in [-0.15, -0.1) is 0 Å². The molecule has 0 aliphatic carbocycles. The van der Waals surface area contributed by atoms with Crippen LogP contribution >= 0.6 is 0 Å². The van der Waals surface area contributed by atoms with E-state index in [-0.39, 0.29) is 24.5 Å². The number of nitrogens with zero attached hydrogens (tertiary/aromatic N) is 2. The lowest BCUT2D eigenvalue weighted by Crippen LogP contribution is -2.26. The number of aliphatic hydroxyl groups excluding tert-OH is 1. The van der Waals surface area contributed by atoms with Gasteiger partial charge in [-0.25, -0.2) is 14.9 Å². The van der Waals surface area contributed by atoms with Crippen LogP contribution in [0.2, 0.25) is 0 Å². The normalized spacial score (nSPS) is 10.3. The fourth-order valence-electron chi connectivity index (χ4n) is 2.37. The van der Waals surface area contributed by atoms with Crippen LogP contribution < -0.4 is 10.8 Å². The predicted octanol–water partition coefficient (Wildman–Crippen LogP) is 3.21. The Hall–Kier alpha value is -2.97. The number of carbonyl (C=O) groups is 1. The zero-order valence-electron chi connectivity index (χ0n) is 15.5. The lowest BCUT2D eigenvalue weighted by molar-refractivity contribution is 0.0168. The highest BCUT2D eigenvalue weighted by molar-refractivity contribution is 5.99. The van der Waals surface area contributed by atoms with Crippen LogP contribution in [-0.2, 0) is 4.84 Å². The first kappa shape index (κ1) is 20.3. The Morgan fingerprint density at radius 1 is 1.30 bits per heavy atom. The van der Waals surface area contributed by atoms with E-state index in [0.717, 1.165) is 11.1 Å². The average molecular weight is 374 g/mol. The van der Waals surface area contributed by atoms with Gasteiger partial charge in [0.05, 0.1) is 36.2 Å². The zero-order valence-corrected chi connectivity index (χ0v) is 15.5. The standard InChI is InChI=1S/C17H17FN4O3.C2H6/c1-11-2-5-15(14(18)8-11)20-16-13(17(24)21-25-7-6-23)4-3-12-9-19-10-22(12)16;1-2/h2-5,8-10,20,23H,6-7H2,1H3,(H,21,24);1-2H3. The second-order valence-electron chi connectivity index (χ2n) is 5.40. The van der Waals surface area contributed by atoms with Crippen molar-refractivity contribution >= 4 is 22.9 Å². The number of hydrogen-bond donors (Lipinski definition) is 3. The molecule has 2 heterocycles. The summed E-state index contributed by atoms with van der Waals surface area (Å²) < 4.78 is 15.8. The molecule has 3 N–H and O–H groups in total. The molecule has 0 aliphatic rings. The molecule has 0 unspecified atom stereocenters. The van der Waals surface area contributed by atoms with E-state index < -0.39 is 11.7 Å². The first-order valence-corrected chi connectivity index (χ1v) is 8.61. The molecule has 0 radical (unpaired) electrons. The molecule has 1 aromatic carbocycles. The molecule has 0 spiro atoms. The summed E-state index contributed by atoms with van der Waals surface area (Å²) in [5.41, 5.74) is 4.24. The summed E-state index contributed by atoms with van der Waals surface area (Å²) in [6.07, 6.45) is 3.15. The third-order valence-corrected chi connectivity index (χ3v) is 3.56. The van der Waals surface area contributed by atoms with Gasteiger partial charge in [0.2, 0.25) is 0 Å². The predicted molar refractivity (Wildman–Crippen MR) is 101 cm³/mol. The maximum Gasteiger partial charge on any atom is 0.278 e. The highest BCUT2D eigenvalue weighted by Crippen LogP contribution is 2.25. The first-order chi connectivity index (χ1) is 13.1. The van der Waals surface area contributed by atoms with E-state index in [1.807, 2.05) is 13.8 Å². The maximum absolute atomic E-state index is 14.2. The Morgan fingerprint density at radius 2 is 2.07 bits per heavy atom. The van der Waals surface area contributed by atoms with E-state index in [1.54, 1.807) is 41.8 Å². The smallest absolute Gasteiger partial charge is 0.278 e. The number of carbonyl (C=O) groups excluding carboxylic acids is 1. The van der Waals surface area contributed by atoms with Crippen LogP contribution in [0.1, 0.15) is 29.8 Å². The van der Waals surface area contributed by atoms with Gasteiger partial charge in [-0.3, -0.25) is 14.0 Å². The van der Waals surface area contributed by atoms with E-state index in [2.05, 4.69) is 15.8 Å². The number of pyridine rings is 1. The van der Waals surface area contributed by atoms with Gasteiger partial charge in [0, 0.05) is 0 Å². The lowest BCUT2D eigenvalue weighted by atomic mass is 10.2. The second-order valence-corrected chi connectivity index (χ2v) is 5.40. The minimum absolute atomic E-state index is 0.0333. The molecule has 0 saturated heterocycles. The molecule has 7 nitrogen and oxygen atoms in total. The molecule has 0 atom stereocenters. The molecular formula is C19H23FN4O3. The lowest BCUT2D eigenvalue weighted by Gasteiger charge is -2.15. The summed E-state index contributed by atoms with van der Waals surface area (Å²) in [4.78, 5) is 21.3. The van der Waals surface area contributed by atoms with Crippen molar-refractivity contribution in [2.45, 2.75) is 20.8 Å². The van der Waals surface area contributed by atoms with Gasteiger partial charge in [0.15, 0.2) is 0 Å². The van der Waals surface area contributed by atoms with Crippen LogP contribution in [0, 0.1) is 12.7 Å². The Kier molecular flexibility index (Phi) is 7.27. The number of fused-ring (bicyclic) bond motifs is 1. The van der Waals surface area contributed by atoms with Crippen molar-refractivity contribution in [3.63, 3.8) is 0 Å². The molecule has 0 aliphatic heterocycles. The van der Waals surface area contributed by atoms with Gasteiger partial charge in [-0.2, -0.15) is 0 Å². The number of aliphatic hydroxyl groups is 1. The van der Waals surface area contributed by atoms with E-state index in [1.165, 1.54) is 12.4 Å². The van der Waals surface area contributed by atoms with Crippen LogP contribution in [0.4, 0.5) is 15.9 Å². The van der Waals surface area contributed by atoms with Gasteiger partial charge in [-0.05, 0) is 36.8 Å². The Bertz CT molecular complexity index is 911. The molecule has 8 heteroatoms. The van der Waals surface area contributed by atoms with Crippen LogP contribution in [0.3, 0.4) is 0 Å². The molecule has 0 saturated carbocycles. The number of rotatable bonds is 6. The Balaban J connectivity index is 0.00000126. The van der Waals surface area contributed by atoms with E-state index >= 15 is 0 Å². The van der Waals surface area contributed by atoms with E-state index in [0.29, 0.717) is 5.82 Å². The number of anilines is 2. The van der Waals surface area contributed by atoms with Crippen molar-refractivity contribution in [3.8, 4) is 0 Å². The summed E-state index contributed by atoms with van der Waals surface area (Å²) in [6.45, 7) is 5.54. The van der Waals surface area contributed by atoms with Crippen LogP contribution in [0.25, 0.3) is 5.52 Å². The Labute approximate surface area is 156 Å². The van der Waals surface area contributed by atoms with Gasteiger partial charge < -0.3 is 10.4 Å². The highest BCUT2D eigenvalue weighted by atomic mass is 19.1. The molecule has 0 bridgehead atoms.